The van der Waals surface area contributed by atoms with E-state index in [9.17, 15) is 0 Å². The Hall–Kier alpha value is -0.710. The van der Waals surface area contributed by atoms with Gasteiger partial charge < -0.3 is 14.9 Å². The van der Waals surface area contributed by atoms with Crippen molar-refractivity contribution in [3.63, 3.8) is 0 Å². The lowest BCUT2D eigenvalue weighted by Gasteiger charge is -2.31. The Morgan fingerprint density at radius 2 is 1.45 bits per heavy atom. The van der Waals surface area contributed by atoms with E-state index in [-0.39, 0.29) is 0 Å². The van der Waals surface area contributed by atoms with Gasteiger partial charge >= 0.3 is 0 Å². The molecule has 0 rings (SSSR count). The number of hydrogen-bond donors (Lipinski definition) is 2. The Kier molecular flexibility index (Phi) is 24.4. The van der Waals surface area contributed by atoms with E-state index in [1.54, 1.807) is 41.9 Å². The molecule has 0 spiro atoms. The molecule has 0 aromatic rings. The first-order valence-corrected chi connectivity index (χ1v) is 7.96. The highest BCUT2D eigenvalue weighted by molar-refractivity contribution is 5.77. The second kappa shape index (κ2) is 18.3. The molecule has 4 nitrogen and oxygen atoms in total. The van der Waals surface area contributed by atoms with Crippen molar-refractivity contribution in [2.24, 2.45) is 4.99 Å². The highest BCUT2D eigenvalue weighted by Crippen LogP contribution is 2.19. The molecule has 0 saturated heterocycles. The van der Waals surface area contributed by atoms with E-state index in [1.165, 1.54) is 5.57 Å². The van der Waals surface area contributed by atoms with Gasteiger partial charge in [0.1, 0.15) is 0 Å². The molecule has 0 aliphatic carbocycles. The van der Waals surface area contributed by atoms with E-state index in [1.807, 2.05) is 40.0 Å². The van der Waals surface area contributed by atoms with Gasteiger partial charge in [-0.25, -0.2) is 0 Å². The Labute approximate surface area is 139 Å². The highest BCUT2D eigenvalue weighted by Gasteiger charge is 2.31. The summed E-state index contributed by atoms with van der Waals surface area (Å²) in [5.74, 6) is 0. The normalized spacial score (nSPS) is 11.6. The first-order chi connectivity index (χ1) is 9.97. The summed E-state index contributed by atoms with van der Waals surface area (Å²) in [5, 5.41) is 18.2. The molecule has 136 valence electrons. The summed E-state index contributed by atoms with van der Waals surface area (Å²) in [6.45, 7) is 17.3. The zero-order valence-electron chi connectivity index (χ0n) is 16.8. The molecule has 0 radical (unpaired) electrons. The van der Waals surface area contributed by atoms with Gasteiger partial charge in [-0.2, -0.15) is 0 Å². The Morgan fingerprint density at radius 1 is 1.09 bits per heavy atom. The van der Waals surface area contributed by atoms with Crippen molar-refractivity contribution < 1.29 is 14.9 Å². The monoisotopic (exact) mass is 319 g/mol. The van der Waals surface area contributed by atoms with E-state index in [0.29, 0.717) is 0 Å². The Bertz CT molecular complexity index is 244. The van der Waals surface area contributed by atoms with Gasteiger partial charge in [-0.05, 0) is 53.5 Å². The summed E-state index contributed by atoms with van der Waals surface area (Å²) in [7, 11) is 3.48. The molecule has 4 heteroatoms. The topological polar surface area (TPSA) is 62.1 Å². The lowest BCUT2D eigenvalue weighted by Crippen LogP contribution is -2.44. The summed E-state index contributed by atoms with van der Waals surface area (Å²) in [5.41, 5.74) is -0.803. The molecular formula is C18H41NO3. The van der Waals surface area contributed by atoms with Crippen LogP contribution in [0.5, 0.6) is 0 Å². The number of hydrogen-bond acceptors (Lipinski definition) is 4. The molecule has 0 amide bonds. The van der Waals surface area contributed by atoms with E-state index in [0.717, 1.165) is 13.0 Å². The van der Waals surface area contributed by atoms with Crippen LogP contribution in [0.25, 0.3) is 0 Å². The first-order valence-electron chi connectivity index (χ1n) is 7.96. The van der Waals surface area contributed by atoms with Crippen LogP contribution in [0.1, 0.15) is 68.7 Å². The molecule has 0 atom stereocenters. The number of allylic oxidation sites excluding steroid dienone is 2. The molecule has 0 aromatic heterocycles. The van der Waals surface area contributed by atoms with E-state index in [4.69, 9.17) is 14.9 Å². The van der Waals surface area contributed by atoms with Crippen molar-refractivity contribution in [2.75, 3.05) is 20.8 Å². The van der Waals surface area contributed by atoms with Gasteiger partial charge in [-0.3, -0.25) is 4.99 Å². The summed E-state index contributed by atoms with van der Waals surface area (Å²) >= 11 is 0. The zero-order chi connectivity index (χ0) is 18.8. The van der Waals surface area contributed by atoms with Crippen LogP contribution in [-0.4, -0.2) is 48.4 Å². The predicted molar refractivity (Wildman–Crippen MR) is 100.0 cm³/mol. The minimum atomic E-state index is -1.01. The average molecular weight is 320 g/mol. The molecule has 0 aliphatic rings. The minimum Gasteiger partial charge on any atom is -0.387 e. The Morgan fingerprint density at radius 3 is 1.50 bits per heavy atom. The molecule has 2 N–H and O–H groups in total. The molecule has 22 heavy (non-hydrogen) atoms. The lowest BCUT2D eigenvalue weighted by molar-refractivity contribution is -0.107. The van der Waals surface area contributed by atoms with Crippen molar-refractivity contribution >= 4 is 6.21 Å². The van der Waals surface area contributed by atoms with Crippen molar-refractivity contribution in [1.29, 1.82) is 0 Å². The van der Waals surface area contributed by atoms with Crippen LogP contribution in [0.15, 0.2) is 16.6 Å². The fourth-order valence-electron chi connectivity index (χ4n) is 0.482. The largest absolute Gasteiger partial charge is 0.387 e. The van der Waals surface area contributed by atoms with Crippen LogP contribution < -0.4 is 0 Å². The van der Waals surface area contributed by atoms with Crippen LogP contribution >= 0.6 is 0 Å². The Balaban J connectivity index is -0.000000107. The second-order valence-corrected chi connectivity index (χ2v) is 5.53. The van der Waals surface area contributed by atoms with Crippen LogP contribution in [0, 0.1) is 0 Å². The van der Waals surface area contributed by atoms with E-state index >= 15 is 0 Å². The van der Waals surface area contributed by atoms with Gasteiger partial charge in [0.05, 0.1) is 11.2 Å². The lowest BCUT2D eigenvalue weighted by atomic mass is 9.90. The fourth-order valence-corrected chi connectivity index (χ4v) is 0.482. The number of ether oxygens (including phenoxy) is 1. The van der Waals surface area contributed by atoms with Gasteiger partial charge in [-0.1, -0.05) is 26.8 Å². The number of aliphatic hydroxyl groups is 2. The van der Waals surface area contributed by atoms with Crippen molar-refractivity contribution in [3.8, 4) is 0 Å². The van der Waals surface area contributed by atoms with Gasteiger partial charge in [0.15, 0.2) is 0 Å². The smallest absolute Gasteiger partial charge is 0.0872 e. The fraction of sp³-hybridized carbons (Fsp3) is 0.833. The summed E-state index contributed by atoms with van der Waals surface area (Å²) < 4.78 is 4.69. The highest BCUT2D eigenvalue weighted by atomic mass is 16.5. The molecule has 0 aromatic carbocycles. The maximum absolute atomic E-state index is 9.10. The number of rotatable bonds is 4. The number of nitrogens with zero attached hydrogens (tertiary/aromatic N) is 1. The van der Waals surface area contributed by atoms with Crippen molar-refractivity contribution in [1.82, 2.24) is 0 Å². The minimum absolute atomic E-state index is 0.889. The van der Waals surface area contributed by atoms with Gasteiger partial charge in [-0.15, -0.1) is 0 Å². The quantitative estimate of drug-likeness (QED) is 0.761. The third-order valence-corrected chi connectivity index (χ3v) is 2.69. The van der Waals surface area contributed by atoms with Crippen molar-refractivity contribution in [3.05, 3.63) is 11.6 Å². The first kappa shape index (κ1) is 29.3. The van der Waals surface area contributed by atoms with Gasteiger partial charge in [0.25, 0.3) is 0 Å². The molecule has 0 fully saturated rings. The zero-order valence-corrected chi connectivity index (χ0v) is 16.8. The molecule has 0 bridgehead atoms. The van der Waals surface area contributed by atoms with Crippen LogP contribution in [0.4, 0.5) is 0 Å². The molecule has 0 aliphatic heterocycles. The van der Waals surface area contributed by atoms with E-state index < -0.39 is 11.2 Å². The number of methoxy groups -OCH3 is 1. The average Bonchev–Trinajstić information content (AvgIpc) is 2.41. The standard InChI is InChI=1S/C6H11N.C6H14O2.C4H10O.C2H6/c1-4-6(2)5-7-3;1-5(2,7)6(3,4)8;1-3-4-5-2;1-2/h4-5H,1-3H3;7-8H,1-4H3;3-4H2,1-2H3;1-2H3/b6-4-,7-5?;;;. The van der Waals surface area contributed by atoms with Gasteiger partial charge in [0.2, 0.25) is 0 Å². The second-order valence-electron chi connectivity index (χ2n) is 5.53. The summed E-state index contributed by atoms with van der Waals surface area (Å²) in [6.07, 6.45) is 4.98. The van der Waals surface area contributed by atoms with Crippen LogP contribution in [0.2, 0.25) is 0 Å². The van der Waals surface area contributed by atoms with Crippen LogP contribution in [0.3, 0.4) is 0 Å². The molecular weight excluding hydrogens is 278 g/mol. The maximum atomic E-state index is 9.10. The summed E-state index contributed by atoms with van der Waals surface area (Å²) in [4.78, 5) is 3.81. The van der Waals surface area contributed by atoms with Crippen LogP contribution in [-0.2, 0) is 4.74 Å². The summed E-state index contributed by atoms with van der Waals surface area (Å²) in [6, 6.07) is 0. The maximum Gasteiger partial charge on any atom is 0.0872 e. The molecule has 0 unspecified atom stereocenters. The third-order valence-electron chi connectivity index (χ3n) is 2.69. The molecule has 0 saturated carbocycles. The van der Waals surface area contributed by atoms with E-state index in [2.05, 4.69) is 11.9 Å². The van der Waals surface area contributed by atoms with Gasteiger partial charge in [0, 0.05) is 27.0 Å². The van der Waals surface area contributed by atoms with Crippen molar-refractivity contribution in [2.45, 2.75) is 79.9 Å². The molecule has 0 heterocycles. The third kappa shape index (κ3) is 27.6. The SMILES string of the molecule is C/C=C(/C)C=NC.CC.CC(C)(O)C(C)(C)O.CCCOC. The predicted octanol–water partition coefficient (Wildman–Crippen LogP) is 4.25. The number of aliphatic imine (C=N–C) groups is 1.